The summed E-state index contributed by atoms with van der Waals surface area (Å²) < 4.78 is 49.7. The average molecular weight is 372 g/mol. The van der Waals surface area contributed by atoms with E-state index in [2.05, 4.69) is 4.40 Å². The Morgan fingerprint density at radius 1 is 1.35 bits per heavy atom. The van der Waals surface area contributed by atoms with Crippen molar-refractivity contribution < 1.29 is 17.5 Å². The summed E-state index contributed by atoms with van der Waals surface area (Å²) >= 11 is 2.25. The Morgan fingerprint density at radius 2 is 2.17 bits per heavy atom. The van der Waals surface area contributed by atoms with Crippen molar-refractivity contribution in [3.8, 4) is 0 Å². The molecule has 0 spiro atoms. The SMILES string of the molecule is COCCn1/c(=N/S(=O)(=O)c2cccs2)sc2cc(F)ccc21. The van der Waals surface area contributed by atoms with Gasteiger partial charge in [-0.1, -0.05) is 17.4 Å². The molecule has 2 heterocycles. The molecule has 1 aromatic carbocycles. The van der Waals surface area contributed by atoms with Gasteiger partial charge in [0.2, 0.25) is 4.80 Å². The number of fused-ring (bicyclic) bond motifs is 1. The first kappa shape index (κ1) is 16.3. The number of sulfonamides is 1. The van der Waals surface area contributed by atoms with E-state index in [4.69, 9.17) is 4.74 Å². The van der Waals surface area contributed by atoms with Gasteiger partial charge >= 0.3 is 0 Å². The number of thiazole rings is 1. The van der Waals surface area contributed by atoms with E-state index in [0.717, 1.165) is 28.2 Å². The molecule has 0 N–H and O–H groups in total. The van der Waals surface area contributed by atoms with Gasteiger partial charge < -0.3 is 9.30 Å². The Kier molecular flexibility index (Phi) is 4.62. The molecular formula is C14H13FN2O3S3. The summed E-state index contributed by atoms with van der Waals surface area (Å²) in [5.41, 5.74) is 0.730. The van der Waals surface area contributed by atoms with Crippen LogP contribution in [0.25, 0.3) is 10.2 Å². The molecule has 122 valence electrons. The molecule has 2 aromatic heterocycles. The third kappa shape index (κ3) is 3.37. The van der Waals surface area contributed by atoms with Gasteiger partial charge in [-0.25, -0.2) is 4.39 Å². The topological polar surface area (TPSA) is 60.7 Å². The molecule has 0 amide bonds. The van der Waals surface area contributed by atoms with Crippen LogP contribution in [-0.4, -0.2) is 26.7 Å². The fourth-order valence-corrected chi connectivity index (χ4v) is 5.33. The summed E-state index contributed by atoms with van der Waals surface area (Å²) in [6, 6.07) is 7.51. The van der Waals surface area contributed by atoms with Crippen molar-refractivity contribution in [3.63, 3.8) is 0 Å². The van der Waals surface area contributed by atoms with Crippen molar-refractivity contribution in [2.24, 2.45) is 4.40 Å². The average Bonchev–Trinajstić information content (AvgIpc) is 3.12. The normalized spacial score (nSPS) is 13.0. The van der Waals surface area contributed by atoms with Crippen molar-refractivity contribution >= 4 is 42.9 Å². The van der Waals surface area contributed by atoms with Crippen molar-refractivity contribution in [2.75, 3.05) is 13.7 Å². The van der Waals surface area contributed by atoms with Crippen LogP contribution >= 0.6 is 22.7 Å². The van der Waals surface area contributed by atoms with Gasteiger partial charge in [-0.2, -0.15) is 8.42 Å². The summed E-state index contributed by atoms with van der Waals surface area (Å²) in [4.78, 5) is 0.302. The number of hydrogen-bond donors (Lipinski definition) is 0. The lowest BCUT2D eigenvalue weighted by Crippen LogP contribution is -2.19. The first-order valence-corrected chi connectivity index (χ1v) is 9.77. The summed E-state index contributed by atoms with van der Waals surface area (Å²) in [5, 5.41) is 1.68. The molecule has 5 nitrogen and oxygen atoms in total. The maximum absolute atomic E-state index is 13.4. The van der Waals surface area contributed by atoms with E-state index in [0.29, 0.717) is 22.7 Å². The molecule has 3 aromatic rings. The molecule has 0 atom stereocenters. The summed E-state index contributed by atoms with van der Waals surface area (Å²) in [6.45, 7) is 0.830. The van der Waals surface area contributed by atoms with Gasteiger partial charge in [-0.3, -0.25) is 0 Å². The molecular weight excluding hydrogens is 359 g/mol. The molecule has 0 radical (unpaired) electrons. The van der Waals surface area contributed by atoms with Crippen molar-refractivity contribution in [1.82, 2.24) is 4.57 Å². The lowest BCUT2D eigenvalue weighted by atomic mass is 10.3. The molecule has 3 rings (SSSR count). The highest BCUT2D eigenvalue weighted by Gasteiger charge is 2.15. The van der Waals surface area contributed by atoms with E-state index in [1.807, 2.05) is 0 Å². The number of hydrogen-bond acceptors (Lipinski definition) is 5. The van der Waals surface area contributed by atoms with Crippen molar-refractivity contribution in [3.05, 3.63) is 46.3 Å². The van der Waals surface area contributed by atoms with Crippen LogP contribution < -0.4 is 4.80 Å². The zero-order chi connectivity index (χ0) is 16.4. The summed E-state index contributed by atoms with van der Waals surface area (Å²) in [6.07, 6.45) is 0. The van der Waals surface area contributed by atoms with Gasteiger partial charge in [0, 0.05) is 13.7 Å². The van der Waals surface area contributed by atoms with Crippen molar-refractivity contribution in [2.45, 2.75) is 10.8 Å². The first-order chi connectivity index (χ1) is 11.0. The van der Waals surface area contributed by atoms with E-state index in [9.17, 15) is 12.8 Å². The molecule has 0 aliphatic carbocycles. The minimum atomic E-state index is -3.78. The van der Waals surface area contributed by atoms with E-state index in [1.165, 1.54) is 18.2 Å². The Morgan fingerprint density at radius 3 is 2.87 bits per heavy atom. The Balaban J connectivity index is 2.21. The molecule has 0 saturated heterocycles. The van der Waals surface area contributed by atoms with E-state index in [-0.39, 0.29) is 10.0 Å². The van der Waals surface area contributed by atoms with Gasteiger partial charge in [0.25, 0.3) is 10.0 Å². The van der Waals surface area contributed by atoms with Gasteiger partial charge in [-0.15, -0.1) is 15.7 Å². The lowest BCUT2D eigenvalue weighted by Gasteiger charge is -2.04. The van der Waals surface area contributed by atoms with Crippen LogP contribution in [-0.2, 0) is 21.3 Å². The number of halogens is 1. The van der Waals surface area contributed by atoms with Gasteiger partial charge in [0.05, 0.1) is 16.8 Å². The zero-order valence-corrected chi connectivity index (χ0v) is 14.5. The molecule has 0 fully saturated rings. The largest absolute Gasteiger partial charge is 0.383 e. The predicted octanol–water partition coefficient (Wildman–Crippen LogP) is 2.84. The van der Waals surface area contributed by atoms with Crippen molar-refractivity contribution in [1.29, 1.82) is 0 Å². The van der Waals surface area contributed by atoms with E-state index >= 15 is 0 Å². The second kappa shape index (κ2) is 6.52. The Labute approximate surface area is 140 Å². The highest BCUT2D eigenvalue weighted by Crippen LogP contribution is 2.21. The Hall–Kier alpha value is -1.55. The number of thiophene rings is 1. The molecule has 0 saturated carbocycles. The van der Waals surface area contributed by atoms with Gasteiger partial charge in [-0.05, 0) is 29.6 Å². The monoisotopic (exact) mass is 372 g/mol. The van der Waals surface area contributed by atoms with Crippen LogP contribution in [0.3, 0.4) is 0 Å². The maximum Gasteiger partial charge on any atom is 0.294 e. The van der Waals surface area contributed by atoms with Crippen LogP contribution in [0, 0.1) is 5.82 Å². The summed E-state index contributed by atoms with van der Waals surface area (Å²) in [7, 11) is -2.21. The standard InChI is InChI=1S/C14H13FN2O3S3/c1-20-7-6-17-11-5-4-10(15)9-12(11)22-14(17)16-23(18,19)13-3-2-8-21-13/h2-5,8-9H,6-7H2,1H3/b16-14-. The molecule has 0 aliphatic heterocycles. The van der Waals surface area contributed by atoms with E-state index in [1.54, 1.807) is 29.2 Å². The molecule has 9 heteroatoms. The minimum absolute atomic E-state index is 0.180. The van der Waals surface area contributed by atoms with Crippen LogP contribution in [0.1, 0.15) is 0 Å². The van der Waals surface area contributed by atoms with Crippen LogP contribution in [0.15, 0.2) is 44.3 Å². The third-order valence-corrected chi connectivity index (χ3v) is 6.91. The van der Waals surface area contributed by atoms with Gasteiger partial charge in [0.15, 0.2) is 0 Å². The number of methoxy groups -OCH3 is 1. The van der Waals surface area contributed by atoms with Crippen LogP contribution in [0.4, 0.5) is 4.39 Å². The first-order valence-electron chi connectivity index (χ1n) is 6.63. The van der Waals surface area contributed by atoms with Crippen LogP contribution in [0.5, 0.6) is 0 Å². The molecule has 23 heavy (non-hydrogen) atoms. The number of benzene rings is 1. The number of nitrogens with zero attached hydrogens (tertiary/aromatic N) is 2. The van der Waals surface area contributed by atoms with Crippen LogP contribution in [0.2, 0.25) is 0 Å². The lowest BCUT2D eigenvalue weighted by molar-refractivity contribution is 0.187. The fraction of sp³-hybridized carbons (Fsp3) is 0.214. The second-order valence-electron chi connectivity index (χ2n) is 4.64. The smallest absolute Gasteiger partial charge is 0.294 e. The predicted molar refractivity (Wildman–Crippen MR) is 88.7 cm³/mol. The Bertz CT molecular complexity index is 988. The quantitative estimate of drug-likeness (QED) is 0.692. The number of aromatic nitrogens is 1. The third-order valence-electron chi connectivity index (χ3n) is 3.11. The fourth-order valence-electron chi connectivity index (χ4n) is 2.07. The molecule has 0 aliphatic rings. The second-order valence-corrected chi connectivity index (χ2v) is 8.43. The molecule has 0 bridgehead atoms. The number of ether oxygens (including phenoxy) is 1. The highest BCUT2D eigenvalue weighted by molar-refractivity contribution is 7.92. The van der Waals surface area contributed by atoms with E-state index < -0.39 is 10.0 Å². The molecule has 0 unspecified atom stereocenters. The number of rotatable bonds is 5. The highest BCUT2D eigenvalue weighted by atomic mass is 32.2. The summed E-state index contributed by atoms with van der Waals surface area (Å²) in [5.74, 6) is -0.370. The zero-order valence-electron chi connectivity index (χ0n) is 12.1. The van der Waals surface area contributed by atoms with Gasteiger partial charge in [0.1, 0.15) is 10.0 Å². The minimum Gasteiger partial charge on any atom is -0.383 e. The maximum atomic E-state index is 13.4.